The van der Waals surface area contributed by atoms with Crippen LogP contribution in [0.25, 0.3) is 5.65 Å². The van der Waals surface area contributed by atoms with Crippen molar-refractivity contribution in [1.82, 2.24) is 19.8 Å². The fourth-order valence-electron chi connectivity index (χ4n) is 3.25. The van der Waals surface area contributed by atoms with Gasteiger partial charge in [-0.1, -0.05) is 13.3 Å². The minimum absolute atomic E-state index is 0.526. The summed E-state index contributed by atoms with van der Waals surface area (Å²) < 4.78 is 1.92. The molecule has 1 aliphatic rings. The lowest BCUT2D eigenvalue weighted by atomic mass is 9.66. The van der Waals surface area contributed by atoms with Crippen LogP contribution in [0.2, 0.25) is 0 Å². The van der Waals surface area contributed by atoms with Crippen molar-refractivity contribution < 1.29 is 0 Å². The number of nitrogens with zero attached hydrogens (tertiary/aromatic N) is 3. The Morgan fingerprint density at radius 3 is 3.10 bits per heavy atom. The van der Waals surface area contributed by atoms with Crippen molar-refractivity contribution in [1.29, 1.82) is 0 Å². The van der Waals surface area contributed by atoms with E-state index in [1.54, 1.807) is 0 Å². The number of aromatic nitrogens is 3. The van der Waals surface area contributed by atoms with Gasteiger partial charge in [-0.3, -0.25) is 0 Å². The lowest BCUT2D eigenvalue weighted by molar-refractivity contribution is 0.636. The van der Waals surface area contributed by atoms with E-state index in [0.29, 0.717) is 12.1 Å². The highest BCUT2D eigenvalue weighted by Gasteiger charge is 2.24. The molecule has 1 fully saturated rings. The van der Waals surface area contributed by atoms with E-state index in [1.807, 2.05) is 16.8 Å². The predicted molar refractivity (Wildman–Crippen MR) is 90.9 cm³/mol. The molecule has 0 amide bonds. The van der Waals surface area contributed by atoms with E-state index < -0.39 is 0 Å². The van der Waals surface area contributed by atoms with Crippen molar-refractivity contribution in [3.8, 4) is 0 Å². The Morgan fingerprint density at radius 1 is 1.43 bits per heavy atom. The lowest BCUT2D eigenvalue weighted by Gasteiger charge is -2.16. The lowest BCUT2D eigenvalue weighted by Crippen LogP contribution is -2.31. The van der Waals surface area contributed by atoms with Crippen LogP contribution >= 0.6 is 0 Å². The third-order valence-corrected chi connectivity index (χ3v) is 4.20. The van der Waals surface area contributed by atoms with E-state index in [0.717, 1.165) is 37.3 Å². The van der Waals surface area contributed by atoms with Gasteiger partial charge in [-0.05, 0) is 31.7 Å². The average Bonchev–Trinajstić information content (AvgIpc) is 3.09. The molecule has 0 spiro atoms. The Labute approximate surface area is 127 Å². The van der Waals surface area contributed by atoms with Crippen LogP contribution in [0.4, 0.5) is 5.82 Å². The molecule has 0 saturated heterocycles. The number of hydrogen-bond donors (Lipinski definition) is 2. The summed E-state index contributed by atoms with van der Waals surface area (Å²) in [6.45, 7) is 2.19. The zero-order valence-electron chi connectivity index (χ0n) is 13.0. The van der Waals surface area contributed by atoms with Crippen molar-refractivity contribution in [2.75, 3.05) is 5.32 Å². The monoisotopic (exact) mass is 283 g/mol. The minimum atomic E-state index is 0.526. The van der Waals surface area contributed by atoms with E-state index >= 15 is 0 Å². The summed E-state index contributed by atoms with van der Waals surface area (Å²) in [5.41, 5.74) is 2.08. The number of aryl methyl sites for hydroxylation is 1. The standard InChI is InChI=1S/C14H23B2N5/c1-2-3-10-9-14(21-13(18-10)6-7-17-21)19-11-4-5-12(8-11)20-16-15/h6-7,9,11-12,16,19-20H,2-5,8,15H2,1H3/t11-,12-/m1/s1. The molecule has 110 valence electrons. The predicted octanol–water partition coefficient (Wildman–Crippen LogP) is 0.504. The smallest absolute Gasteiger partial charge is 0.158 e. The van der Waals surface area contributed by atoms with Gasteiger partial charge in [0.05, 0.1) is 13.9 Å². The zero-order chi connectivity index (χ0) is 14.7. The van der Waals surface area contributed by atoms with Gasteiger partial charge >= 0.3 is 0 Å². The maximum absolute atomic E-state index is 4.65. The molecule has 0 aliphatic heterocycles. The molecule has 7 heteroatoms. The van der Waals surface area contributed by atoms with Crippen molar-refractivity contribution in [2.45, 2.75) is 51.1 Å². The van der Waals surface area contributed by atoms with Gasteiger partial charge in [0.25, 0.3) is 0 Å². The van der Waals surface area contributed by atoms with E-state index in [9.17, 15) is 0 Å². The van der Waals surface area contributed by atoms with Crippen LogP contribution in [0, 0.1) is 0 Å². The van der Waals surface area contributed by atoms with Crippen molar-refractivity contribution in [3.05, 3.63) is 24.0 Å². The second kappa shape index (κ2) is 6.52. The van der Waals surface area contributed by atoms with Crippen molar-refractivity contribution >= 4 is 26.5 Å². The molecule has 5 nitrogen and oxygen atoms in total. The van der Waals surface area contributed by atoms with Gasteiger partial charge in [0.2, 0.25) is 0 Å². The normalized spacial score (nSPS) is 21.8. The Balaban J connectivity index is 1.78. The SMILES string of the molecule is BBN[C@@H]1CC[C@@H](Nc2cc(CCC)nc3ccnn23)C1. The minimum Gasteiger partial charge on any atom is -0.367 e. The first-order chi connectivity index (χ1) is 10.3. The molecule has 2 atom stereocenters. The molecule has 0 aromatic carbocycles. The van der Waals surface area contributed by atoms with E-state index in [2.05, 4.69) is 41.4 Å². The molecule has 1 aliphatic carbocycles. The van der Waals surface area contributed by atoms with Gasteiger partial charge in [0.15, 0.2) is 13.0 Å². The third-order valence-electron chi connectivity index (χ3n) is 4.20. The largest absolute Gasteiger partial charge is 0.367 e. The van der Waals surface area contributed by atoms with E-state index in [-0.39, 0.29) is 0 Å². The van der Waals surface area contributed by atoms with Gasteiger partial charge in [0.1, 0.15) is 5.82 Å². The fraction of sp³-hybridized carbons (Fsp3) is 0.571. The third kappa shape index (κ3) is 3.23. The van der Waals surface area contributed by atoms with E-state index in [4.69, 9.17) is 0 Å². The summed E-state index contributed by atoms with van der Waals surface area (Å²) >= 11 is 0. The molecule has 2 aromatic rings. The van der Waals surface area contributed by atoms with Crippen LogP contribution in [0.15, 0.2) is 18.3 Å². The molecular formula is C14H23B2N5. The summed E-state index contributed by atoms with van der Waals surface area (Å²) in [6, 6.07) is 5.31. The van der Waals surface area contributed by atoms with Gasteiger partial charge in [-0.15, -0.1) is 0 Å². The zero-order valence-corrected chi connectivity index (χ0v) is 13.0. The van der Waals surface area contributed by atoms with Crippen LogP contribution in [-0.4, -0.2) is 41.7 Å². The Hall–Kier alpha value is -1.49. The van der Waals surface area contributed by atoms with Crippen LogP contribution in [0.3, 0.4) is 0 Å². The number of anilines is 1. The second-order valence-corrected chi connectivity index (χ2v) is 5.89. The molecule has 2 aromatic heterocycles. The first-order valence-corrected chi connectivity index (χ1v) is 8.13. The summed E-state index contributed by atoms with van der Waals surface area (Å²) in [5, 5.41) is 11.6. The molecule has 2 N–H and O–H groups in total. The Morgan fingerprint density at radius 2 is 2.29 bits per heavy atom. The first-order valence-electron chi connectivity index (χ1n) is 8.13. The molecule has 1 saturated carbocycles. The van der Waals surface area contributed by atoms with Crippen LogP contribution < -0.4 is 10.5 Å². The number of nitrogens with one attached hydrogen (secondary N) is 2. The highest BCUT2D eigenvalue weighted by atomic mass is 15.3. The van der Waals surface area contributed by atoms with Crippen LogP contribution in [0.5, 0.6) is 0 Å². The number of fused-ring (bicyclic) bond motifs is 1. The molecular weight excluding hydrogens is 260 g/mol. The van der Waals surface area contributed by atoms with Gasteiger partial charge in [-0.25, -0.2) is 4.98 Å². The summed E-state index contributed by atoms with van der Waals surface area (Å²) in [4.78, 5) is 4.65. The van der Waals surface area contributed by atoms with Crippen molar-refractivity contribution in [2.24, 2.45) is 0 Å². The van der Waals surface area contributed by atoms with Gasteiger partial charge in [0, 0.05) is 23.9 Å². The topological polar surface area (TPSA) is 54.2 Å². The summed E-state index contributed by atoms with van der Waals surface area (Å²) in [5.74, 6) is 1.08. The van der Waals surface area contributed by atoms with Crippen LogP contribution in [0.1, 0.15) is 38.3 Å². The number of rotatable bonds is 6. The average molecular weight is 283 g/mol. The Bertz CT molecular complexity index is 600. The second-order valence-electron chi connectivity index (χ2n) is 5.89. The molecule has 0 bridgehead atoms. The molecule has 0 unspecified atom stereocenters. The van der Waals surface area contributed by atoms with E-state index in [1.165, 1.54) is 19.3 Å². The molecule has 0 radical (unpaired) electrons. The van der Waals surface area contributed by atoms with Crippen LogP contribution in [-0.2, 0) is 6.42 Å². The van der Waals surface area contributed by atoms with Gasteiger partial charge < -0.3 is 10.5 Å². The van der Waals surface area contributed by atoms with Crippen molar-refractivity contribution in [3.63, 3.8) is 0 Å². The fourth-order valence-corrected chi connectivity index (χ4v) is 3.25. The molecule has 2 heterocycles. The Kier molecular flexibility index (Phi) is 4.48. The first kappa shape index (κ1) is 14.4. The quantitative estimate of drug-likeness (QED) is 0.758. The van der Waals surface area contributed by atoms with Gasteiger partial charge in [-0.2, -0.15) is 9.61 Å². The maximum Gasteiger partial charge on any atom is 0.158 e. The highest BCUT2D eigenvalue weighted by Crippen LogP contribution is 2.23. The molecule has 21 heavy (non-hydrogen) atoms. The maximum atomic E-state index is 4.65. The highest BCUT2D eigenvalue weighted by molar-refractivity contribution is 6.87. The summed E-state index contributed by atoms with van der Waals surface area (Å²) in [6.07, 6.45) is 7.59. The summed E-state index contributed by atoms with van der Waals surface area (Å²) in [7, 11) is 3.23. The number of hydrogen-bond acceptors (Lipinski definition) is 4. The molecule has 3 rings (SSSR count).